The van der Waals surface area contributed by atoms with Gasteiger partial charge in [-0.25, -0.2) is 0 Å². The van der Waals surface area contributed by atoms with Crippen LogP contribution in [0.25, 0.3) is 0 Å². The fourth-order valence-electron chi connectivity index (χ4n) is 1.11. The number of non-ortho nitro benzene ring substituents is 1. The van der Waals surface area contributed by atoms with Crippen molar-refractivity contribution in [1.29, 1.82) is 0 Å². The Bertz CT molecular complexity index is 441. The molecular formula is C10H9N2O5-. The number of hydrogen-bond donors (Lipinski definition) is 1. The van der Waals surface area contributed by atoms with Gasteiger partial charge in [-0.2, -0.15) is 0 Å². The maximum absolute atomic E-state index is 11.2. The molecule has 0 aromatic heterocycles. The predicted molar refractivity (Wildman–Crippen MR) is 56.0 cm³/mol. The second kappa shape index (κ2) is 5.59. The summed E-state index contributed by atoms with van der Waals surface area (Å²) in [6.45, 7) is 0. The Morgan fingerprint density at radius 3 is 2.24 bits per heavy atom. The summed E-state index contributed by atoms with van der Waals surface area (Å²) < 4.78 is 0. The molecule has 90 valence electrons. The van der Waals surface area contributed by atoms with Crippen LogP contribution in [0.4, 0.5) is 11.4 Å². The first-order chi connectivity index (χ1) is 7.99. The number of benzene rings is 1. The average molecular weight is 237 g/mol. The zero-order valence-electron chi connectivity index (χ0n) is 8.71. The number of carbonyl (C=O) groups excluding carboxylic acids is 2. The normalized spacial score (nSPS) is 9.65. The minimum absolute atomic E-state index is 0.0854. The highest BCUT2D eigenvalue weighted by Crippen LogP contribution is 2.15. The number of nitro groups is 1. The zero-order valence-corrected chi connectivity index (χ0v) is 8.71. The summed E-state index contributed by atoms with van der Waals surface area (Å²) in [5.74, 6) is -1.79. The number of anilines is 1. The highest BCUT2D eigenvalue weighted by Gasteiger charge is 2.06. The minimum atomic E-state index is -1.30. The van der Waals surface area contributed by atoms with E-state index >= 15 is 0 Å². The molecule has 0 bridgehead atoms. The minimum Gasteiger partial charge on any atom is -0.550 e. The Kier molecular flexibility index (Phi) is 4.15. The third kappa shape index (κ3) is 4.29. The zero-order chi connectivity index (χ0) is 12.8. The Morgan fingerprint density at radius 2 is 1.76 bits per heavy atom. The van der Waals surface area contributed by atoms with Gasteiger partial charge in [0.05, 0.1) is 4.92 Å². The summed E-state index contributed by atoms with van der Waals surface area (Å²) >= 11 is 0. The number of carboxylic acids is 1. The number of carbonyl (C=O) groups is 2. The molecule has 7 nitrogen and oxygen atoms in total. The molecule has 0 saturated carbocycles. The molecule has 17 heavy (non-hydrogen) atoms. The van der Waals surface area contributed by atoms with Gasteiger partial charge in [0.25, 0.3) is 5.69 Å². The van der Waals surface area contributed by atoms with Crippen molar-refractivity contribution in [2.24, 2.45) is 0 Å². The first kappa shape index (κ1) is 12.6. The van der Waals surface area contributed by atoms with E-state index < -0.39 is 16.8 Å². The van der Waals surface area contributed by atoms with Crippen LogP contribution in [-0.4, -0.2) is 16.8 Å². The molecule has 1 aromatic carbocycles. The number of nitrogens with one attached hydrogen (secondary N) is 1. The van der Waals surface area contributed by atoms with Gasteiger partial charge < -0.3 is 15.2 Å². The van der Waals surface area contributed by atoms with Gasteiger partial charge in [-0.15, -0.1) is 0 Å². The van der Waals surface area contributed by atoms with Crippen molar-refractivity contribution >= 4 is 23.3 Å². The van der Waals surface area contributed by atoms with Gasteiger partial charge in [0.2, 0.25) is 5.91 Å². The molecule has 1 amide bonds. The molecule has 1 rings (SSSR count). The summed E-state index contributed by atoms with van der Waals surface area (Å²) in [5.41, 5.74) is 0.289. The van der Waals surface area contributed by atoms with E-state index in [1.165, 1.54) is 24.3 Å². The van der Waals surface area contributed by atoms with Gasteiger partial charge in [-0.3, -0.25) is 14.9 Å². The third-order valence-corrected chi connectivity index (χ3v) is 1.92. The maximum Gasteiger partial charge on any atom is 0.269 e. The molecule has 0 saturated heterocycles. The van der Waals surface area contributed by atoms with Crippen LogP contribution in [0, 0.1) is 10.1 Å². The SMILES string of the molecule is O=C([O-])CCC(=O)Nc1ccc([N+](=O)[O-])cc1. The summed E-state index contributed by atoms with van der Waals surface area (Å²) in [5, 5.41) is 22.9. The summed E-state index contributed by atoms with van der Waals surface area (Å²) in [6, 6.07) is 5.23. The van der Waals surface area contributed by atoms with Crippen LogP contribution in [0.5, 0.6) is 0 Å². The molecule has 0 aliphatic carbocycles. The second-order valence-corrected chi connectivity index (χ2v) is 3.22. The quantitative estimate of drug-likeness (QED) is 0.574. The molecule has 0 aliphatic heterocycles. The molecule has 0 heterocycles. The van der Waals surface area contributed by atoms with Crippen LogP contribution in [0.2, 0.25) is 0 Å². The summed E-state index contributed by atoms with van der Waals surface area (Å²) in [7, 11) is 0. The van der Waals surface area contributed by atoms with Crippen LogP contribution >= 0.6 is 0 Å². The van der Waals surface area contributed by atoms with E-state index in [2.05, 4.69) is 5.32 Å². The molecule has 7 heteroatoms. The Hall–Kier alpha value is -2.44. The van der Waals surface area contributed by atoms with E-state index in [1.807, 2.05) is 0 Å². The van der Waals surface area contributed by atoms with E-state index in [4.69, 9.17) is 0 Å². The van der Waals surface area contributed by atoms with E-state index in [1.54, 1.807) is 0 Å². The lowest BCUT2D eigenvalue weighted by molar-refractivity contribution is -0.384. The van der Waals surface area contributed by atoms with Crippen molar-refractivity contribution in [3.05, 3.63) is 34.4 Å². The molecule has 0 fully saturated rings. The molecule has 0 aliphatic rings. The molecule has 1 aromatic rings. The van der Waals surface area contributed by atoms with E-state index in [-0.39, 0.29) is 18.5 Å². The summed E-state index contributed by atoms with van der Waals surface area (Å²) in [6.07, 6.45) is -0.557. The number of nitro benzene ring substituents is 1. The lowest BCUT2D eigenvalue weighted by Crippen LogP contribution is -2.24. The Labute approximate surface area is 96.2 Å². The second-order valence-electron chi connectivity index (χ2n) is 3.22. The molecule has 1 N–H and O–H groups in total. The van der Waals surface area contributed by atoms with Gasteiger partial charge in [0, 0.05) is 30.2 Å². The van der Waals surface area contributed by atoms with Crippen molar-refractivity contribution in [1.82, 2.24) is 0 Å². The highest BCUT2D eigenvalue weighted by molar-refractivity contribution is 5.92. The van der Waals surface area contributed by atoms with Crippen molar-refractivity contribution in [3.63, 3.8) is 0 Å². The number of rotatable bonds is 5. The maximum atomic E-state index is 11.2. The van der Waals surface area contributed by atoms with E-state index in [0.717, 1.165) is 0 Å². The van der Waals surface area contributed by atoms with Gasteiger partial charge in [0.15, 0.2) is 0 Å². The lowest BCUT2D eigenvalue weighted by atomic mass is 10.2. The van der Waals surface area contributed by atoms with Gasteiger partial charge in [-0.05, 0) is 18.6 Å². The third-order valence-electron chi connectivity index (χ3n) is 1.92. The number of amides is 1. The Balaban J connectivity index is 2.54. The fraction of sp³-hybridized carbons (Fsp3) is 0.200. The lowest BCUT2D eigenvalue weighted by Gasteiger charge is -2.05. The monoisotopic (exact) mass is 237 g/mol. The van der Waals surface area contributed by atoms with E-state index in [0.29, 0.717) is 5.69 Å². The topological polar surface area (TPSA) is 112 Å². The average Bonchev–Trinajstić information content (AvgIpc) is 2.27. The van der Waals surface area contributed by atoms with Gasteiger partial charge in [0.1, 0.15) is 0 Å². The molecule has 0 atom stereocenters. The van der Waals surface area contributed by atoms with Crippen LogP contribution < -0.4 is 10.4 Å². The largest absolute Gasteiger partial charge is 0.550 e. The van der Waals surface area contributed by atoms with Crippen molar-refractivity contribution in [3.8, 4) is 0 Å². The van der Waals surface area contributed by atoms with Crippen LogP contribution in [0.3, 0.4) is 0 Å². The van der Waals surface area contributed by atoms with Gasteiger partial charge in [-0.1, -0.05) is 0 Å². The number of hydrogen-bond acceptors (Lipinski definition) is 5. The number of carboxylic acid groups (broad SMARTS) is 1. The molecule has 0 unspecified atom stereocenters. The summed E-state index contributed by atoms with van der Waals surface area (Å²) in [4.78, 5) is 31.1. The standard InChI is InChI=1S/C10H10N2O5/c13-9(5-6-10(14)15)11-7-1-3-8(4-2-7)12(16)17/h1-4H,5-6H2,(H,11,13)(H,14,15)/p-1. The number of aliphatic carboxylic acids is 1. The Morgan fingerprint density at radius 1 is 1.18 bits per heavy atom. The first-order valence-corrected chi connectivity index (χ1v) is 4.73. The first-order valence-electron chi connectivity index (χ1n) is 4.73. The van der Waals surface area contributed by atoms with Crippen LogP contribution in [-0.2, 0) is 9.59 Å². The molecule has 0 spiro atoms. The highest BCUT2D eigenvalue weighted by atomic mass is 16.6. The van der Waals surface area contributed by atoms with Crippen molar-refractivity contribution < 1.29 is 19.6 Å². The molecule has 0 radical (unpaired) electrons. The fourth-order valence-corrected chi connectivity index (χ4v) is 1.11. The number of nitrogens with zero attached hydrogens (tertiary/aromatic N) is 1. The smallest absolute Gasteiger partial charge is 0.269 e. The van der Waals surface area contributed by atoms with E-state index in [9.17, 15) is 24.8 Å². The van der Waals surface area contributed by atoms with Gasteiger partial charge >= 0.3 is 0 Å². The predicted octanol–water partition coefficient (Wildman–Crippen LogP) is 0.0634. The van der Waals surface area contributed by atoms with Crippen LogP contribution in [0.15, 0.2) is 24.3 Å². The van der Waals surface area contributed by atoms with Crippen molar-refractivity contribution in [2.75, 3.05) is 5.32 Å². The van der Waals surface area contributed by atoms with Crippen molar-refractivity contribution in [2.45, 2.75) is 12.8 Å². The van der Waals surface area contributed by atoms with Crippen LogP contribution in [0.1, 0.15) is 12.8 Å². The molecular weight excluding hydrogens is 228 g/mol.